The summed E-state index contributed by atoms with van der Waals surface area (Å²) in [7, 11) is 0. The minimum Gasteiger partial charge on any atom is -0.458 e. The molecule has 2 aliphatic heterocycles. The molecule has 0 radical (unpaired) electrons. The molecular formula is C45H49FN8O9S. The number of pyridine rings is 2. The van der Waals surface area contributed by atoms with Crippen molar-refractivity contribution in [3.05, 3.63) is 134 Å². The maximum Gasteiger partial charge on any atom is 0.407 e. The second-order valence-corrected chi connectivity index (χ2v) is 14.8. The molecule has 3 amide bonds. The zero-order valence-corrected chi connectivity index (χ0v) is 36.3. The number of aryl methyl sites for hydroxylation is 1. The first-order valence-corrected chi connectivity index (χ1v) is 20.3. The molecule has 0 bridgehead atoms. The standard InChI is InChI=1S/C43H41FN8O9.C2H6.H2S/c1-22-10-28-30(31-17-52-36(39(31)50-35(28)12-34(22)44)11-29-33(41(52)56)19-60-42(57)40(29)55)16-51(46)15-23(45)13-47-38(54)20-59-21-49-37(53)14-48-43(58)61-18-32-26-8-4-2-6-24(26)25-7-3-5-9-27(25)32;1-2;/h2-12,15,32,40,55H,13-14,16-21,45-46H2,1H3,(H,47,54)(H,48,58)(H,49,53);1-2H3;1H2/b23-15-;;. The Kier molecular flexibility index (Phi) is 14.7. The fourth-order valence-corrected chi connectivity index (χ4v) is 7.90. The fraction of sp³-hybridized carbons (Fsp3) is 0.289. The van der Waals surface area contributed by atoms with Crippen LogP contribution in [0.25, 0.3) is 33.4 Å². The number of aromatic nitrogens is 2. The number of carbonyl (C=O) groups excluding carboxylic acids is 4. The number of ether oxygens (including phenoxy) is 3. The summed E-state index contributed by atoms with van der Waals surface area (Å²) in [5, 5.41) is 19.8. The number of nitrogens with two attached hydrogens (primary N) is 2. The number of benzene rings is 3. The summed E-state index contributed by atoms with van der Waals surface area (Å²) in [6.45, 7) is 4.37. The van der Waals surface area contributed by atoms with Crippen LogP contribution in [-0.2, 0) is 48.3 Å². The zero-order valence-electron chi connectivity index (χ0n) is 35.3. The summed E-state index contributed by atoms with van der Waals surface area (Å²) >= 11 is 0. The molecule has 19 heteroatoms. The highest BCUT2D eigenvalue weighted by atomic mass is 32.1. The Labute approximate surface area is 374 Å². The van der Waals surface area contributed by atoms with Gasteiger partial charge in [0.25, 0.3) is 5.56 Å². The molecule has 5 aromatic rings. The number of carbonyl (C=O) groups is 4. The van der Waals surface area contributed by atoms with Crippen molar-refractivity contribution in [2.75, 3.05) is 33.0 Å². The lowest BCUT2D eigenvalue weighted by molar-refractivity contribution is -0.157. The third-order valence-electron chi connectivity index (χ3n) is 10.9. The monoisotopic (exact) mass is 896 g/mol. The molecule has 0 fully saturated rings. The van der Waals surface area contributed by atoms with Crippen LogP contribution in [0.5, 0.6) is 0 Å². The third-order valence-corrected chi connectivity index (χ3v) is 10.9. The molecule has 64 heavy (non-hydrogen) atoms. The number of esters is 1. The Hall–Kier alpha value is -6.80. The number of alkyl carbamates (subject to hydrolysis) is 1. The van der Waals surface area contributed by atoms with Crippen LogP contribution in [0.4, 0.5) is 9.18 Å². The van der Waals surface area contributed by atoms with E-state index in [1.54, 1.807) is 13.0 Å². The summed E-state index contributed by atoms with van der Waals surface area (Å²) in [6, 6.07) is 20.4. The normalized spacial score (nSPS) is 14.3. The third kappa shape index (κ3) is 9.57. The lowest BCUT2D eigenvalue weighted by atomic mass is 9.97. The van der Waals surface area contributed by atoms with Gasteiger partial charge >= 0.3 is 12.1 Å². The van der Waals surface area contributed by atoms with Crippen LogP contribution in [-0.4, -0.2) is 76.6 Å². The first-order chi connectivity index (χ1) is 30.4. The van der Waals surface area contributed by atoms with E-state index in [2.05, 4.69) is 16.0 Å². The molecule has 1 aliphatic carbocycles. The number of aliphatic hydroxyl groups excluding tert-OH is 1. The van der Waals surface area contributed by atoms with Crippen molar-refractivity contribution in [2.24, 2.45) is 11.6 Å². The number of nitrogens with zero attached hydrogens (tertiary/aromatic N) is 3. The first-order valence-electron chi connectivity index (χ1n) is 20.3. The highest BCUT2D eigenvalue weighted by Crippen LogP contribution is 2.44. The van der Waals surface area contributed by atoms with Crippen LogP contribution in [0, 0.1) is 12.7 Å². The van der Waals surface area contributed by atoms with Crippen molar-refractivity contribution in [2.45, 2.75) is 52.5 Å². The van der Waals surface area contributed by atoms with Gasteiger partial charge in [-0.05, 0) is 52.4 Å². The Morgan fingerprint density at radius 2 is 1.66 bits per heavy atom. The molecule has 0 saturated heterocycles. The minimum absolute atomic E-state index is 0. The van der Waals surface area contributed by atoms with E-state index >= 15 is 0 Å². The van der Waals surface area contributed by atoms with Crippen LogP contribution in [0.1, 0.15) is 64.8 Å². The number of hydrazine groups is 1. The molecular weight excluding hydrogens is 848 g/mol. The molecule has 0 spiro atoms. The molecule has 8 rings (SSSR count). The predicted molar refractivity (Wildman–Crippen MR) is 239 cm³/mol. The summed E-state index contributed by atoms with van der Waals surface area (Å²) < 4.78 is 31.9. The van der Waals surface area contributed by atoms with E-state index in [1.165, 1.54) is 27.9 Å². The Morgan fingerprint density at radius 3 is 2.36 bits per heavy atom. The number of fused-ring (bicyclic) bond motifs is 8. The molecule has 336 valence electrons. The van der Waals surface area contributed by atoms with Crippen LogP contribution >= 0.6 is 13.5 Å². The van der Waals surface area contributed by atoms with Crippen molar-refractivity contribution < 1.29 is 42.9 Å². The van der Waals surface area contributed by atoms with Crippen molar-refractivity contribution >= 4 is 48.3 Å². The lowest BCUT2D eigenvalue weighted by Crippen LogP contribution is -2.39. The summed E-state index contributed by atoms with van der Waals surface area (Å²) in [4.78, 5) is 67.5. The van der Waals surface area contributed by atoms with E-state index in [1.807, 2.05) is 62.4 Å². The maximum absolute atomic E-state index is 14.8. The highest BCUT2D eigenvalue weighted by molar-refractivity contribution is 7.59. The second kappa shape index (κ2) is 20.1. The van der Waals surface area contributed by atoms with Crippen LogP contribution < -0.4 is 33.1 Å². The van der Waals surface area contributed by atoms with Gasteiger partial charge in [0.2, 0.25) is 11.8 Å². The average molecular weight is 897 g/mol. The van der Waals surface area contributed by atoms with E-state index in [0.717, 1.165) is 22.3 Å². The molecule has 8 N–H and O–H groups in total. The molecule has 2 aromatic heterocycles. The van der Waals surface area contributed by atoms with E-state index in [0.29, 0.717) is 39.0 Å². The van der Waals surface area contributed by atoms with Gasteiger partial charge in [0, 0.05) is 40.4 Å². The van der Waals surface area contributed by atoms with Crippen molar-refractivity contribution in [1.29, 1.82) is 0 Å². The second-order valence-electron chi connectivity index (χ2n) is 14.8. The number of halogens is 1. The van der Waals surface area contributed by atoms with Crippen molar-refractivity contribution in [1.82, 2.24) is 30.5 Å². The number of aliphatic hydroxyl groups is 1. The van der Waals surface area contributed by atoms with Gasteiger partial charge in [0.05, 0.1) is 42.1 Å². The number of rotatable bonds is 13. The maximum atomic E-state index is 14.8. The topological polar surface area (TPSA) is 242 Å². The molecule has 3 aliphatic rings. The molecule has 0 saturated carbocycles. The van der Waals surface area contributed by atoms with Gasteiger partial charge < -0.3 is 50.6 Å². The SMILES string of the molecule is CC.Cc1cc2c(CN(N)/C=C(\N)CNC(=O)COCNC(=O)CNC(=O)OCC3c4ccccc4-c4ccccc43)c3c(nc2cc1F)-c1cc2c(c(=O)n1C3)COC(=O)C2O.S. The Morgan fingerprint density at radius 1 is 0.969 bits per heavy atom. The number of hydrogen-bond acceptors (Lipinski definition) is 13. The van der Waals surface area contributed by atoms with E-state index in [4.69, 9.17) is 30.8 Å². The Balaban J connectivity index is 0.00000224. The van der Waals surface area contributed by atoms with Crippen LogP contribution in [0.2, 0.25) is 0 Å². The first kappa shape index (κ1) is 46.7. The van der Waals surface area contributed by atoms with Gasteiger partial charge in [0.15, 0.2) is 6.10 Å². The molecule has 3 aromatic carbocycles. The van der Waals surface area contributed by atoms with Gasteiger partial charge in [-0.25, -0.2) is 24.8 Å². The number of cyclic esters (lactones) is 1. The number of hydrogen-bond donors (Lipinski definition) is 6. The van der Waals surface area contributed by atoms with Crippen LogP contribution in [0.3, 0.4) is 0 Å². The fourth-order valence-electron chi connectivity index (χ4n) is 7.90. The van der Waals surface area contributed by atoms with Crippen molar-refractivity contribution in [3.63, 3.8) is 0 Å². The van der Waals surface area contributed by atoms with Gasteiger partial charge in [0.1, 0.15) is 38.9 Å². The average Bonchev–Trinajstić information content (AvgIpc) is 3.81. The largest absolute Gasteiger partial charge is 0.458 e. The molecule has 1 atom stereocenters. The van der Waals surface area contributed by atoms with E-state index < -0.39 is 48.0 Å². The highest BCUT2D eigenvalue weighted by Gasteiger charge is 2.35. The quantitative estimate of drug-likeness (QED) is 0.0321. The summed E-state index contributed by atoms with van der Waals surface area (Å²) in [6.07, 6.45) is -0.975. The summed E-state index contributed by atoms with van der Waals surface area (Å²) in [5.74, 6) is 3.83. The Bertz CT molecular complexity index is 2680. The van der Waals surface area contributed by atoms with Crippen LogP contribution in [0.15, 0.2) is 83.4 Å². The minimum atomic E-state index is -1.63. The van der Waals surface area contributed by atoms with E-state index in [9.17, 15) is 33.5 Å². The van der Waals surface area contributed by atoms with Gasteiger partial charge in [-0.1, -0.05) is 62.4 Å². The van der Waals surface area contributed by atoms with Gasteiger partial charge in [-0.3, -0.25) is 14.4 Å². The van der Waals surface area contributed by atoms with Crippen molar-refractivity contribution in [3.8, 4) is 22.5 Å². The molecule has 17 nitrogen and oxygen atoms in total. The van der Waals surface area contributed by atoms with Gasteiger partial charge in [-0.15, -0.1) is 0 Å². The van der Waals surface area contributed by atoms with Gasteiger partial charge in [-0.2, -0.15) is 13.5 Å². The lowest BCUT2D eigenvalue weighted by Gasteiger charge is -2.21. The zero-order chi connectivity index (χ0) is 44.9. The predicted octanol–water partition coefficient (Wildman–Crippen LogP) is 3.32. The molecule has 4 heterocycles. The number of nitrogens with one attached hydrogen (secondary N) is 3. The number of amides is 3. The summed E-state index contributed by atoms with van der Waals surface area (Å²) in [5.41, 5.74) is 13.2. The van der Waals surface area contributed by atoms with E-state index in [-0.39, 0.29) is 82.4 Å². The smallest absolute Gasteiger partial charge is 0.407 e. The molecule has 1 unspecified atom stereocenters.